The van der Waals surface area contributed by atoms with Gasteiger partial charge in [-0.3, -0.25) is 4.90 Å². The van der Waals surface area contributed by atoms with Gasteiger partial charge in [-0.1, -0.05) is 26.1 Å². The molecular formula is C9H18N2S. The van der Waals surface area contributed by atoms with Crippen LogP contribution in [-0.2, 0) is 0 Å². The van der Waals surface area contributed by atoms with Gasteiger partial charge < -0.3 is 5.73 Å². The molecule has 0 radical (unpaired) electrons. The summed E-state index contributed by atoms with van der Waals surface area (Å²) in [4.78, 5) is 2.98. The molecule has 0 aromatic rings. The van der Waals surface area contributed by atoms with Crippen LogP contribution in [0.15, 0.2) is 0 Å². The zero-order valence-electron chi connectivity index (χ0n) is 7.92. The minimum Gasteiger partial charge on any atom is -0.392 e. The number of likely N-dealkylation sites (tertiary alicyclic amines) is 1. The molecule has 1 unspecified atom stereocenters. The fourth-order valence-electron chi connectivity index (χ4n) is 1.77. The Hall–Kier alpha value is -0.150. The van der Waals surface area contributed by atoms with E-state index in [0.29, 0.717) is 4.99 Å². The van der Waals surface area contributed by atoms with Crippen molar-refractivity contribution in [2.24, 2.45) is 17.6 Å². The van der Waals surface area contributed by atoms with E-state index in [0.717, 1.165) is 18.4 Å². The fraction of sp³-hybridized carbons (Fsp3) is 0.889. The van der Waals surface area contributed by atoms with Gasteiger partial charge >= 0.3 is 0 Å². The zero-order chi connectivity index (χ0) is 9.14. The minimum atomic E-state index is 0.624. The van der Waals surface area contributed by atoms with Crippen LogP contribution in [0, 0.1) is 11.8 Å². The largest absolute Gasteiger partial charge is 0.392 e. The Morgan fingerprint density at radius 2 is 2.33 bits per heavy atom. The first-order chi connectivity index (χ1) is 5.59. The molecule has 0 aromatic heterocycles. The van der Waals surface area contributed by atoms with E-state index in [1.807, 2.05) is 0 Å². The molecule has 0 amide bonds. The van der Waals surface area contributed by atoms with Crippen LogP contribution in [0.2, 0.25) is 0 Å². The van der Waals surface area contributed by atoms with Crippen LogP contribution in [-0.4, -0.2) is 29.5 Å². The van der Waals surface area contributed by atoms with Crippen molar-refractivity contribution in [2.45, 2.75) is 20.3 Å². The zero-order valence-corrected chi connectivity index (χ0v) is 8.73. The molecule has 1 fully saturated rings. The SMILES string of the molecule is CC(C)C1CCN(CC(N)=S)C1. The molecule has 1 aliphatic rings. The van der Waals surface area contributed by atoms with Crippen LogP contribution in [0.1, 0.15) is 20.3 Å². The maximum Gasteiger partial charge on any atom is 0.0870 e. The predicted molar refractivity (Wildman–Crippen MR) is 56.2 cm³/mol. The normalized spacial score (nSPS) is 25.1. The molecular weight excluding hydrogens is 168 g/mol. The lowest BCUT2D eigenvalue weighted by Crippen LogP contribution is -2.31. The molecule has 3 heteroatoms. The van der Waals surface area contributed by atoms with Crippen LogP contribution in [0.25, 0.3) is 0 Å². The summed E-state index contributed by atoms with van der Waals surface area (Å²) in [5.41, 5.74) is 5.48. The Kier molecular flexibility index (Phi) is 3.47. The molecule has 0 aromatic carbocycles. The van der Waals surface area contributed by atoms with Gasteiger partial charge in [0.15, 0.2) is 0 Å². The van der Waals surface area contributed by atoms with Crippen molar-refractivity contribution in [3.8, 4) is 0 Å². The van der Waals surface area contributed by atoms with E-state index in [1.54, 1.807) is 0 Å². The van der Waals surface area contributed by atoms with Crippen LogP contribution >= 0.6 is 12.2 Å². The summed E-state index contributed by atoms with van der Waals surface area (Å²) in [6, 6.07) is 0. The predicted octanol–water partition coefficient (Wildman–Crippen LogP) is 1.25. The van der Waals surface area contributed by atoms with Gasteiger partial charge in [-0.05, 0) is 24.8 Å². The lowest BCUT2D eigenvalue weighted by atomic mass is 9.95. The van der Waals surface area contributed by atoms with Crippen molar-refractivity contribution in [1.29, 1.82) is 0 Å². The van der Waals surface area contributed by atoms with Gasteiger partial charge in [0.05, 0.1) is 4.99 Å². The number of nitrogens with two attached hydrogens (primary N) is 1. The van der Waals surface area contributed by atoms with Gasteiger partial charge in [-0.25, -0.2) is 0 Å². The van der Waals surface area contributed by atoms with Gasteiger partial charge in [0.25, 0.3) is 0 Å². The van der Waals surface area contributed by atoms with E-state index < -0.39 is 0 Å². The van der Waals surface area contributed by atoms with Crippen molar-refractivity contribution < 1.29 is 0 Å². The molecule has 1 rings (SSSR count). The first kappa shape index (κ1) is 9.93. The molecule has 1 atom stereocenters. The van der Waals surface area contributed by atoms with E-state index in [9.17, 15) is 0 Å². The topological polar surface area (TPSA) is 29.3 Å². The van der Waals surface area contributed by atoms with E-state index in [-0.39, 0.29) is 0 Å². The van der Waals surface area contributed by atoms with Gasteiger partial charge in [0.1, 0.15) is 0 Å². The van der Waals surface area contributed by atoms with Crippen molar-refractivity contribution in [3.63, 3.8) is 0 Å². The first-order valence-electron chi connectivity index (χ1n) is 4.60. The summed E-state index contributed by atoms with van der Waals surface area (Å²) < 4.78 is 0. The average molecular weight is 186 g/mol. The summed E-state index contributed by atoms with van der Waals surface area (Å²) in [7, 11) is 0. The summed E-state index contributed by atoms with van der Waals surface area (Å²) in [5.74, 6) is 1.64. The third kappa shape index (κ3) is 2.72. The molecule has 1 saturated heterocycles. The van der Waals surface area contributed by atoms with Crippen LogP contribution in [0.3, 0.4) is 0 Å². The highest BCUT2D eigenvalue weighted by atomic mass is 32.1. The Labute approximate surface area is 80.1 Å². The fourth-order valence-corrected chi connectivity index (χ4v) is 1.95. The molecule has 0 aliphatic carbocycles. The van der Waals surface area contributed by atoms with Crippen LogP contribution < -0.4 is 5.73 Å². The van der Waals surface area contributed by atoms with Crippen LogP contribution in [0.5, 0.6) is 0 Å². The number of rotatable bonds is 3. The van der Waals surface area contributed by atoms with Crippen molar-refractivity contribution >= 4 is 17.2 Å². The highest BCUT2D eigenvalue weighted by Gasteiger charge is 2.24. The van der Waals surface area contributed by atoms with Crippen LogP contribution in [0.4, 0.5) is 0 Å². The van der Waals surface area contributed by atoms with E-state index in [1.165, 1.54) is 19.5 Å². The molecule has 0 saturated carbocycles. The second-order valence-electron chi connectivity index (χ2n) is 3.99. The Bertz CT molecular complexity index is 168. The standard InChI is InChI=1S/C9H18N2S/c1-7(2)8-3-4-11(5-8)6-9(10)12/h7-8H,3-6H2,1-2H3,(H2,10,12). The van der Waals surface area contributed by atoms with Gasteiger partial charge in [0, 0.05) is 13.1 Å². The Morgan fingerprint density at radius 1 is 1.67 bits per heavy atom. The summed E-state index contributed by atoms with van der Waals surface area (Å²) in [6.45, 7) is 7.72. The Morgan fingerprint density at radius 3 is 2.75 bits per heavy atom. The van der Waals surface area contributed by atoms with Gasteiger partial charge in [-0.2, -0.15) is 0 Å². The minimum absolute atomic E-state index is 0.624. The number of hydrogen-bond donors (Lipinski definition) is 1. The van der Waals surface area contributed by atoms with E-state index >= 15 is 0 Å². The lowest BCUT2D eigenvalue weighted by Gasteiger charge is -2.16. The first-order valence-corrected chi connectivity index (χ1v) is 5.01. The summed E-state index contributed by atoms with van der Waals surface area (Å²) in [5, 5.41) is 0. The number of nitrogens with zero attached hydrogens (tertiary/aromatic N) is 1. The third-order valence-corrected chi connectivity index (χ3v) is 2.76. The molecule has 1 aliphatic heterocycles. The Balaban J connectivity index is 2.30. The maximum atomic E-state index is 5.48. The van der Waals surface area contributed by atoms with Crippen molar-refractivity contribution in [1.82, 2.24) is 4.90 Å². The molecule has 2 N–H and O–H groups in total. The van der Waals surface area contributed by atoms with Crippen molar-refractivity contribution in [2.75, 3.05) is 19.6 Å². The molecule has 0 spiro atoms. The summed E-state index contributed by atoms with van der Waals surface area (Å²) >= 11 is 4.87. The smallest absolute Gasteiger partial charge is 0.0870 e. The molecule has 70 valence electrons. The monoisotopic (exact) mass is 186 g/mol. The summed E-state index contributed by atoms with van der Waals surface area (Å²) in [6.07, 6.45) is 1.31. The molecule has 1 heterocycles. The third-order valence-electron chi connectivity index (χ3n) is 2.63. The highest BCUT2D eigenvalue weighted by Crippen LogP contribution is 2.22. The van der Waals surface area contributed by atoms with Gasteiger partial charge in [0.2, 0.25) is 0 Å². The number of hydrogen-bond acceptors (Lipinski definition) is 2. The van der Waals surface area contributed by atoms with E-state index in [4.69, 9.17) is 18.0 Å². The average Bonchev–Trinajstić information content (AvgIpc) is 2.34. The highest BCUT2D eigenvalue weighted by molar-refractivity contribution is 7.80. The van der Waals surface area contributed by atoms with Gasteiger partial charge in [-0.15, -0.1) is 0 Å². The quantitative estimate of drug-likeness (QED) is 0.673. The molecule has 2 nitrogen and oxygen atoms in total. The van der Waals surface area contributed by atoms with E-state index in [2.05, 4.69) is 18.7 Å². The maximum absolute atomic E-state index is 5.48. The lowest BCUT2D eigenvalue weighted by molar-refractivity contribution is 0.336. The second-order valence-corrected chi connectivity index (χ2v) is 4.52. The van der Waals surface area contributed by atoms with Crippen molar-refractivity contribution in [3.05, 3.63) is 0 Å². The number of thiocarbonyl (C=S) groups is 1. The molecule has 0 bridgehead atoms. The second kappa shape index (κ2) is 4.19. The molecule has 12 heavy (non-hydrogen) atoms.